The lowest BCUT2D eigenvalue weighted by Gasteiger charge is -2.45. The lowest BCUT2D eigenvalue weighted by atomic mass is 9.75. The highest BCUT2D eigenvalue weighted by Crippen LogP contribution is 2.43. The zero-order chi connectivity index (χ0) is 18.5. The van der Waals surface area contributed by atoms with Crippen LogP contribution in [0.3, 0.4) is 0 Å². The van der Waals surface area contributed by atoms with Crippen LogP contribution in [-0.4, -0.2) is 36.6 Å². The number of nitrogens with zero attached hydrogens (tertiary/aromatic N) is 2. The van der Waals surface area contributed by atoms with Crippen LogP contribution in [0.25, 0.3) is 0 Å². The fraction of sp³-hybridized carbons (Fsp3) is 0.350. The Morgan fingerprint density at radius 2 is 1.85 bits per heavy atom. The number of hydrogen-bond donors (Lipinski definition) is 2. The molecule has 132 valence electrons. The van der Waals surface area contributed by atoms with Gasteiger partial charge in [0.2, 0.25) is 5.91 Å². The Hall–Kier alpha value is -2.63. The number of amides is 1. The third-order valence-corrected chi connectivity index (χ3v) is 5.61. The van der Waals surface area contributed by atoms with Gasteiger partial charge in [0.15, 0.2) is 13.8 Å². The quantitative estimate of drug-likeness (QED) is 0.821. The molecule has 0 bridgehead atoms. The molecule has 2 aromatic rings. The molecular formula is C20H23BN4O. The molecule has 4 rings (SSSR count). The number of carbonyl (C=O) groups excluding carboxylic acids is 1. The molecule has 6 heteroatoms. The molecule has 1 saturated heterocycles. The third kappa shape index (κ3) is 2.70. The maximum Gasteiger partial charge on any atom is 0.239 e. The van der Waals surface area contributed by atoms with Crippen LogP contribution < -0.4 is 10.9 Å². The Kier molecular flexibility index (Phi) is 3.86. The second-order valence-electron chi connectivity index (χ2n) is 7.61. The van der Waals surface area contributed by atoms with E-state index in [0.29, 0.717) is 5.92 Å². The van der Waals surface area contributed by atoms with Gasteiger partial charge >= 0.3 is 0 Å². The van der Waals surface area contributed by atoms with Crippen molar-refractivity contribution in [1.29, 1.82) is 5.41 Å². The van der Waals surface area contributed by atoms with Crippen molar-refractivity contribution < 1.29 is 4.79 Å². The van der Waals surface area contributed by atoms with Crippen molar-refractivity contribution in [2.24, 2.45) is 0 Å². The normalized spacial score (nSPS) is 25.9. The van der Waals surface area contributed by atoms with Crippen LogP contribution in [0.2, 0.25) is 0 Å². The second kappa shape index (κ2) is 5.97. The molecule has 0 radical (unpaired) electrons. The van der Waals surface area contributed by atoms with Gasteiger partial charge in [-0.25, -0.2) is 0 Å². The van der Waals surface area contributed by atoms with Crippen LogP contribution in [0.4, 0.5) is 0 Å². The minimum absolute atomic E-state index is 0.0845. The Bertz CT molecular complexity index is 878. The van der Waals surface area contributed by atoms with Gasteiger partial charge in [0, 0.05) is 7.05 Å². The van der Waals surface area contributed by atoms with Gasteiger partial charge in [-0.3, -0.25) is 20.1 Å². The van der Waals surface area contributed by atoms with E-state index in [1.165, 1.54) is 23.3 Å². The highest BCUT2D eigenvalue weighted by molar-refractivity contribution is 6.30. The highest BCUT2D eigenvalue weighted by atomic mass is 16.2. The predicted molar refractivity (Wildman–Crippen MR) is 105 cm³/mol. The van der Waals surface area contributed by atoms with Crippen LogP contribution in [0.1, 0.15) is 48.4 Å². The van der Waals surface area contributed by atoms with Gasteiger partial charge in [0.25, 0.3) is 0 Å². The van der Waals surface area contributed by atoms with Gasteiger partial charge in [-0.05, 0) is 48.5 Å². The number of rotatable bonds is 3. The molecule has 1 aromatic carbocycles. The van der Waals surface area contributed by atoms with Crippen molar-refractivity contribution in [2.75, 3.05) is 7.05 Å². The second-order valence-corrected chi connectivity index (χ2v) is 7.61. The van der Waals surface area contributed by atoms with Crippen molar-refractivity contribution >= 4 is 25.3 Å². The molecule has 2 aliphatic rings. The zero-order valence-corrected chi connectivity index (χ0v) is 15.4. The first-order valence-electron chi connectivity index (χ1n) is 9.08. The van der Waals surface area contributed by atoms with E-state index in [1.54, 1.807) is 7.05 Å². The van der Waals surface area contributed by atoms with E-state index in [4.69, 9.17) is 5.41 Å². The zero-order valence-electron chi connectivity index (χ0n) is 15.4. The van der Waals surface area contributed by atoms with Crippen LogP contribution in [0.5, 0.6) is 0 Å². The molecule has 5 nitrogen and oxygen atoms in total. The first-order valence-corrected chi connectivity index (χ1v) is 9.08. The maximum absolute atomic E-state index is 13.2. The first-order chi connectivity index (χ1) is 12.4. The van der Waals surface area contributed by atoms with Gasteiger partial charge in [-0.2, -0.15) is 0 Å². The van der Waals surface area contributed by atoms with Crippen LogP contribution in [0, 0.1) is 5.41 Å². The Balaban J connectivity index is 1.80. The topological polar surface area (TPSA) is 69.1 Å². The van der Waals surface area contributed by atoms with Gasteiger partial charge < -0.3 is 5.32 Å². The van der Waals surface area contributed by atoms with E-state index in [2.05, 4.69) is 34.6 Å². The maximum atomic E-state index is 13.2. The predicted octanol–water partition coefficient (Wildman–Crippen LogP) is 1.21. The fourth-order valence-corrected chi connectivity index (χ4v) is 3.85. The summed E-state index contributed by atoms with van der Waals surface area (Å²) in [5.74, 6) is 0.263. The number of aromatic nitrogens is 1. The summed E-state index contributed by atoms with van der Waals surface area (Å²) in [6, 6.07) is 14.2. The van der Waals surface area contributed by atoms with Crippen LogP contribution >= 0.6 is 0 Å². The molecule has 1 amide bonds. The Morgan fingerprint density at radius 3 is 2.46 bits per heavy atom. The van der Waals surface area contributed by atoms with E-state index in [0.717, 1.165) is 16.9 Å². The summed E-state index contributed by atoms with van der Waals surface area (Å²) >= 11 is 0. The summed E-state index contributed by atoms with van der Waals surface area (Å²) in [7, 11) is 3.58. The van der Waals surface area contributed by atoms with Crippen molar-refractivity contribution in [3.05, 3.63) is 59.3 Å². The number of guanidine groups is 1. The summed E-state index contributed by atoms with van der Waals surface area (Å²) in [4.78, 5) is 19.2. The van der Waals surface area contributed by atoms with Crippen molar-refractivity contribution in [2.45, 2.75) is 37.1 Å². The molecule has 0 unspecified atom stereocenters. The van der Waals surface area contributed by atoms with Gasteiger partial charge in [-0.1, -0.05) is 36.4 Å². The molecule has 2 heterocycles. The lowest BCUT2D eigenvalue weighted by Crippen LogP contribution is -2.63. The number of nitrogens with one attached hydrogen (secondary N) is 2. The van der Waals surface area contributed by atoms with E-state index >= 15 is 0 Å². The standard InChI is InChI=1S/C20H23BN4O/c1-20(15-4-3-5-16(21)23-15)17(18(26)25(2)19(22)24-20)14-10-8-13(9-11-14)12-6-7-12/h3-5,8-12,17H,6-7,21H2,1-2H3,(H2,22,24)/t17-,20-/m1/s1. The minimum Gasteiger partial charge on any atom is -0.344 e. The molecule has 1 saturated carbocycles. The number of pyridine rings is 1. The SMILES string of the molecule is Bc1cccc([C@@]2(C)NC(=N)N(C)C(=O)[C@H]2c2ccc(C3CC3)cc2)n1. The smallest absolute Gasteiger partial charge is 0.239 e. The molecule has 2 atom stereocenters. The van der Waals surface area contributed by atoms with Crippen LogP contribution in [0.15, 0.2) is 42.5 Å². The highest BCUT2D eigenvalue weighted by Gasteiger charge is 2.49. The van der Waals surface area contributed by atoms with Crippen molar-refractivity contribution in [3.8, 4) is 0 Å². The Labute approximate surface area is 154 Å². The largest absolute Gasteiger partial charge is 0.344 e. The summed E-state index contributed by atoms with van der Waals surface area (Å²) in [5.41, 5.74) is 3.21. The molecule has 26 heavy (non-hydrogen) atoms. The number of benzene rings is 1. The molecular weight excluding hydrogens is 323 g/mol. The van der Waals surface area contributed by atoms with Crippen molar-refractivity contribution in [1.82, 2.24) is 15.2 Å². The molecule has 2 N–H and O–H groups in total. The summed E-state index contributed by atoms with van der Waals surface area (Å²) in [6.07, 6.45) is 2.52. The number of carbonyl (C=O) groups is 1. The van der Waals surface area contributed by atoms with E-state index in [-0.39, 0.29) is 11.9 Å². The molecule has 1 aromatic heterocycles. The summed E-state index contributed by atoms with van der Waals surface area (Å²) in [6.45, 7) is 1.97. The monoisotopic (exact) mass is 346 g/mol. The molecule has 1 aliphatic heterocycles. The van der Waals surface area contributed by atoms with Crippen molar-refractivity contribution in [3.63, 3.8) is 0 Å². The molecule has 0 spiro atoms. The average Bonchev–Trinajstić information content (AvgIpc) is 3.46. The number of likely N-dealkylation sites (N-methyl/N-ethyl adjacent to an activating group) is 1. The van der Waals surface area contributed by atoms with E-state index in [1.807, 2.05) is 33.0 Å². The van der Waals surface area contributed by atoms with Gasteiger partial charge in [-0.15, -0.1) is 0 Å². The third-order valence-electron chi connectivity index (χ3n) is 5.61. The average molecular weight is 346 g/mol. The summed E-state index contributed by atoms with van der Waals surface area (Å²) < 4.78 is 0. The van der Waals surface area contributed by atoms with Gasteiger partial charge in [0.05, 0.1) is 17.2 Å². The van der Waals surface area contributed by atoms with E-state index in [9.17, 15) is 4.79 Å². The van der Waals surface area contributed by atoms with Gasteiger partial charge in [0.1, 0.15) is 0 Å². The summed E-state index contributed by atoms with van der Waals surface area (Å²) in [5, 5.41) is 11.4. The fourth-order valence-electron chi connectivity index (χ4n) is 3.85. The van der Waals surface area contributed by atoms with E-state index < -0.39 is 11.5 Å². The minimum atomic E-state index is -0.770. The molecule has 1 aliphatic carbocycles. The first kappa shape index (κ1) is 16.8. The molecule has 2 fully saturated rings. The number of hydrogen-bond acceptors (Lipinski definition) is 3. The lowest BCUT2D eigenvalue weighted by molar-refractivity contribution is -0.131. The Morgan fingerprint density at radius 1 is 1.19 bits per heavy atom. The van der Waals surface area contributed by atoms with Crippen LogP contribution in [-0.2, 0) is 10.3 Å².